The second-order valence-corrected chi connectivity index (χ2v) is 21.4. The Morgan fingerprint density at radius 2 is 0.667 bits per heavy atom. The molecule has 0 bridgehead atoms. The van der Waals surface area contributed by atoms with Gasteiger partial charge >= 0.3 is 227 Å². The maximum atomic E-state index is 9.60. The molecule has 0 aliphatic rings. The fourth-order valence-electron chi connectivity index (χ4n) is 3.19. The molecule has 0 saturated carbocycles. The molecule has 0 aromatic rings. The summed E-state index contributed by atoms with van der Waals surface area (Å²) in [4.78, 5) is 22.8. The molecule has 0 heterocycles. The van der Waals surface area contributed by atoms with Crippen molar-refractivity contribution in [3.05, 3.63) is 0 Å². The first kappa shape index (κ1) is 67.0. The number of rotatable bonds is 28. The number of aliphatic carboxylic acids is 2. The molecule has 51 heavy (non-hydrogen) atoms. The van der Waals surface area contributed by atoms with E-state index in [0.717, 1.165) is 10.5 Å². The van der Waals surface area contributed by atoms with E-state index in [1.165, 1.54) is 51.4 Å². The second-order valence-electron chi connectivity index (χ2n) is 10.7. The van der Waals surface area contributed by atoms with E-state index in [4.69, 9.17) is 40.9 Å². The van der Waals surface area contributed by atoms with Crippen LogP contribution in [0.25, 0.3) is 0 Å². The Morgan fingerprint density at radius 3 is 0.765 bits per heavy atom. The average Bonchev–Trinajstić information content (AvgIpc) is 3.07. The molecule has 0 rings (SSSR count). The van der Waals surface area contributed by atoms with Gasteiger partial charge in [-0.3, -0.25) is 9.80 Å². The smallest absolute Gasteiger partial charge is 0.0558 e. The zero-order chi connectivity index (χ0) is 39.5. The van der Waals surface area contributed by atoms with Crippen molar-refractivity contribution in [1.82, 2.24) is 9.80 Å². The minimum atomic E-state index is -0.711. The molecule has 0 aliphatic carbocycles. The van der Waals surface area contributed by atoms with Crippen molar-refractivity contribution in [2.75, 3.05) is 78.9 Å². The summed E-state index contributed by atoms with van der Waals surface area (Å²) in [6.07, 6.45) is 12.3. The van der Waals surface area contributed by atoms with Crippen LogP contribution in [0, 0.1) is 0 Å². The molecule has 0 unspecified atom stereocenters. The van der Waals surface area contributed by atoms with Crippen LogP contribution in [0.2, 0.25) is 28.3 Å². The Balaban J connectivity index is -0.0000000917. The van der Waals surface area contributed by atoms with E-state index in [2.05, 4.69) is 27.7 Å². The number of carboxylic acid groups (broad SMARTS) is 2. The summed E-state index contributed by atoms with van der Waals surface area (Å²) >= 11 is 3.98. The van der Waals surface area contributed by atoms with E-state index in [9.17, 15) is 9.59 Å². The zero-order valence-corrected chi connectivity index (χ0v) is 42.5. The number of nitrogens with zero attached hydrogens (tertiary/aromatic N) is 2. The van der Waals surface area contributed by atoms with E-state index in [1.54, 1.807) is 27.5 Å². The van der Waals surface area contributed by atoms with Crippen LogP contribution in [-0.2, 0) is 9.59 Å². The molecule has 17 heteroatoms. The topological polar surface area (TPSA) is 234 Å². The normalized spacial score (nSPS) is 9.69. The molecule has 0 aliphatic heterocycles. The summed E-state index contributed by atoms with van der Waals surface area (Å²) in [5.41, 5.74) is 0. The summed E-state index contributed by atoms with van der Waals surface area (Å²) in [5.74, 6) is -1.42. The van der Waals surface area contributed by atoms with Crippen LogP contribution in [0.5, 0.6) is 0 Å². The number of hydrogen-bond donors (Lipinski definition) is 8. The van der Waals surface area contributed by atoms with E-state index in [0.29, 0.717) is 52.1 Å². The predicted octanol–water partition coefficient (Wildman–Crippen LogP) is 2.06. The van der Waals surface area contributed by atoms with Gasteiger partial charge in [0.2, 0.25) is 0 Å². The molecule has 10 radical (unpaired) electrons. The van der Waals surface area contributed by atoms with Crippen LogP contribution in [0.3, 0.4) is 0 Å². The van der Waals surface area contributed by atoms with Crippen LogP contribution in [0.1, 0.15) is 91.9 Å². The van der Waals surface area contributed by atoms with Crippen molar-refractivity contribution in [1.29, 1.82) is 0 Å². The quantitative estimate of drug-likeness (QED) is 0.0416. The van der Waals surface area contributed by atoms with Crippen molar-refractivity contribution in [2.45, 2.75) is 120 Å². The van der Waals surface area contributed by atoms with Gasteiger partial charge in [0.05, 0.1) is 39.6 Å². The third-order valence-electron chi connectivity index (χ3n) is 6.00. The van der Waals surface area contributed by atoms with Crippen molar-refractivity contribution in [3.63, 3.8) is 0 Å². The van der Waals surface area contributed by atoms with Crippen LogP contribution < -0.4 is 0 Å². The Morgan fingerprint density at radius 1 is 0.471 bits per heavy atom. The SMILES string of the molecule is CCC[CH2][Sn][CH2]CCC.CCC[CH2][Sn][CH2]CCC.O.O=C(O)C[CH2][Ge].O=C(O)C[CH2][Ge].OCCN(CCO)CCO.OCCN(CCO)CCO. The maximum absolute atomic E-state index is 9.60. The summed E-state index contributed by atoms with van der Waals surface area (Å²) in [6.45, 7) is 12.7. The van der Waals surface area contributed by atoms with E-state index >= 15 is 0 Å². The molecule has 10 N–H and O–H groups in total. The maximum Gasteiger partial charge on any atom is 0.0558 e. The number of aliphatic hydroxyl groups is 6. The van der Waals surface area contributed by atoms with Crippen LogP contribution in [0.4, 0.5) is 0 Å². The van der Waals surface area contributed by atoms with Gasteiger partial charge in [-0.1, -0.05) is 0 Å². The molecule has 0 saturated heterocycles. The van der Waals surface area contributed by atoms with Gasteiger partial charge in [-0.25, -0.2) is 0 Å². The molecular formula is C34H78Ge2N2O11Sn2. The van der Waals surface area contributed by atoms with Crippen LogP contribution >= 0.6 is 0 Å². The van der Waals surface area contributed by atoms with E-state index in [1.807, 2.05) is 33.0 Å². The average molecular weight is 1070 g/mol. The number of hydrogen-bond acceptors (Lipinski definition) is 10. The fraction of sp³-hybridized carbons (Fsp3) is 0.941. The molecule has 0 atom stereocenters. The van der Waals surface area contributed by atoms with Gasteiger partial charge in [0.15, 0.2) is 0 Å². The predicted molar refractivity (Wildman–Crippen MR) is 215 cm³/mol. The van der Waals surface area contributed by atoms with Gasteiger partial charge in [0, 0.05) is 39.3 Å². The first-order valence-corrected chi connectivity index (χ1v) is 29.3. The van der Waals surface area contributed by atoms with Crippen molar-refractivity contribution in [2.24, 2.45) is 0 Å². The molecule has 0 amide bonds. The van der Waals surface area contributed by atoms with Crippen molar-refractivity contribution in [3.8, 4) is 0 Å². The molecule has 306 valence electrons. The number of unbranched alkanes of at least 4 members (excludes halogenated alkanes) is 4. The molecule has 0 spiro atoms. The third kappa shape index (κ3) is 89.6. The summed E-state index contributed by atoms with van der Waals surface area (Å²) in [7, 11) is 0. The second kappa shape index (κ2) is 69.2. The van der Waals surface area contributed by atoms with Crippen molar-refractivity contribution >= 4 is 87.3 Å². The Labute approximate surface area is 349 Å². The Hall–Kier alpha value is 1.26. The van der Waals surface area contributed by atoms with E-state index < -0.39 is 11.9 Å². The summed E-state index contributed by atoms with van der Waals surface area (Å²) in [6, 6.07) is 0. The van der Waals surface area contributed by atoms with Gasteiger partial charge in [0.1, 0.15) is 0 Å². The Kier molecular flexibility index (Phi) is 91.0. The Bertz CT molecular complexity index is 512. The van der Waals surface area contributed by atoms with Crippen LogP contribution in [-0.4, -0.2) is 222 Å². The number of carboxylic acids is 2. The standard InChI is InChI=1S/2C6H15NO3.4C4H9.2C3H5GeO2.H2O.2Sn/c2*8-4-1-7(2-5-9)3-6-10;4*1-3-4-2;2*4-2-1-3(5)6;;;/h2*8-10H,1-6H2;4*1,3-4H2,2H3;2*1-2H2,(H,5,6);1H2;;. The molecule has 0 aromatic heterocycles. The first-order valence-electron chi connectivity index (χ1n) is 18.3. The minimum Gasteiger partial charge on any atom is -0.395 e. The number of carbonyl (C=O) groups is 2. The van der Waals surface area contributed by atoms with Gasteiger partial charge < -0.3 is 36.1 Å². The minimum absolute atomic E-state index is 0. The summed E-state index contributed by atoms with van der Waals surface area (Å²) in [5, 5.41) is 68.2. The fourth-order valence-corrected chi connectivity index (χ4v) is 12.4. The molecule has 0 fully saturated rings. The van der Waals surface area contributed by atoms with Crippen molar-refractivity contribution < 1.29 is 55.9 Å². The van der Waals surface area contributed by atoms with Gasteiger partial charge in [0.25, 0.3) is 0 Å². The molecule has 0 aromatic carbocycles. The van der Waals surface area contributed by atoms with Crippen LogP contribution in [0.15, 0.2) is 0 Å². The van der Waals surface area contributed by atoms with E-state index in [-0.39, 0.29) is 87.4 Å². The third-order valence-corrected chi connectivity index (χ3v) is 15.1. The molecular weight excluding hydrogens is 995 g/mol. The molecule has 13 nitrogen and oxygen atoms in total. The number of aliphatic hydroxyl groups excluding tert-OH is 6. The monoisotopic (exact) mass is 1080 g/mol. The first-order chi connectivity index (χ1) is 24.1. The zero-order valence-electron chi connectivity index (χ0n) is 32.6. The van der Waals surface area contributed by atoms with Gasteiger partial charge in [-0.05, 0) is 0 Å². The largest absolute Gasteiger partial charge is 0.395 e. The van der Waals surface area contributed by atoms with Gasteiger partial charge in [-0.15, -0.1) is 0 Å². The summed E-state index contributed by atoms with van der Waals surface area (Å²) < 4.78 is 6.50. The van der Waals surface area contributed by atoms with Gasteiger partial charge in [-0.2, -0.15) is 0 Å².